The van der Waals surface area contributed by atoms with Gasteiger partial charge in [0.25, 0.3) is 11.8 Å². The number of hydrogen-bond donors (Lipinski definition) is 6. The Labute approximate surface area is 229 Å². The molecular formula is C24H30N4O10P2. The van der Waals surface area contributed by atoms with Crippen LogP contribution >= 0.6 is 15.2 Å². The van der Waals surface area contributed by atoms with Crippen molar-refractivity contribution < 1.29 is 47.8 Å². The summed E-state index contributed by atoms with van der Waals surface area (Å²) < 4.78 is 28.5. The largest absolute Gasteiger partial charge is 0.354 e. The molecule has 6 N–H and O–H groups in total. The number of amides is 3. The summed E-state index contributed by atoms with van der Waals surface area (Å²) in [5.74, 6) is -1.64. The monoisotopic (exact) mass is 596 g/mol. The Bertz CT molecular complexity index is 1250. The molecule has 0 aromatic heterocycles. The van der Waals surface area contributed by atoms with E-state index in [1.54, 1.807) is 0 Å². The highest BCUT2D eigenvalue weighted by Gasteiger charge is 2.51. The van der Waals surface area contributed by atoms with Crippen LogP contribution in [0.5, 0.6) is 0 Å². The van der Waals surface area contributed by atoms with Gasteiger partial charge in [0, 0.05) is 26.2 Å². The number of epoxide rings is 1. The summed E-state index contributed by atoms with van der Waals surface area (Å²) in [5, 5.41) is 5.34. The van der Waals surface area contributed by atoms with E-state index >= 15 is 0 Å². The minimum Gasteiger partial charge on any atom is -0.349 e. The summed E-state index contributed by atoms with van der Waals surface area (Å²) in [7, 11) is -10.3. The molecule has 4 rings (SSSR count). The van der Waals surface area contributed by atoms with Crippen LogP contribution in [-0.2, 0) is 28.3 Å². The Morgan fingerprint density at radius 3 is 1.75 bits per heavy atom. The molecule has 0 unspecified atom stereocenters. The van der Waals surface area contributed by atoms with Gasteiger partial charge >= 0.3 is 15.2 Å². The molecule has 0 saturated carbocycles. The van der Waals surface area contributed by atoms with Crippen molar-refractivity contribution >= 4 is 32.9 Å². The molecule has 2 atom stereocenters. The van der Waals surface area contributed by atoms with Crippen LogP contribution in [0, 0.1) is 0 Å². The average Bonchev–Trinajstić information content (AvgIpc) is 3.71. The van der Waals surface area contributed by atoms with Crippen molar-refractivity contribution in [1.82, 2.24) is 20.4 Å². The lowest BCUT2D eigenvalue weighted by molar-refractivity contribution is -0.134. The van der Waals surface area contributed by atoms with Gasteiger partial charge < -0.3 is 39.8 Å². The number of benzene rings is 2. The highest BCUT2D eigenvalue weighted by Crippen LogP contribution is 2.61. The zero-order chi connectivity index (χ0) is 29.1. The first kappa shape index (κ1) is 30.0. The van der Waals surface area contributed by atoms with Crippen molar-refractivity contribution in [1.29, 1.82) is 0 Å². The van der Waals surface area contributed by atoms with Gasteiger partial charge in [-0.25, -0.2) is 0 Å². The van der Waals surface area contributed by atoms with E-state index in [2.05, 4.69) is 10.6 Å². The molecule has 216 valence electrons. The maximum absolute atomic E-state index is 12.9. The third-order valence-electron chi connectivity index (χ3n) is 6.57. The van der Waals surface area contributed by atoms with Crippen molar-refractivity contribution in [3.63, 3.8) is 0 Å². The van der Waals surface area contributed by atoms with E-state index in [0.29, 0.717) is 0 Å². The van der Waals surface area contributed by atoms with Gasteiger partial charge in [-0.1, -0.05) is 60.7 Å². The zero-order valence-corrected chi connectivity index (χ0v) is 22.9. The maximum atomic E-state index is 12.9. The first-order valence-corrected chi connectivity index (χ1v) is 15.7. The van der Waals surface area contributed by atoms with Crippen LogP contribution in [0.3, 0.4) is 0 Å². The van der Waals surface area contributed by atoms with E-state index in [4.69, 9.17) is 4.74 Å². The standard InChI is InChI=1S/C24H30N4O10P2/c29-18(27-11-13-28(14-12-27)24(39(32,33)34)40(35,36)37)15-25-22(30)20-21(38-20)23(31)26-19(16-7-3-1-4-8-16)17-9-5-2-6-10-17/h1-10,19-21,24H,11-15H2,(H,25,30)(H,26,31)(H2,32,33,34)(H2,35,36,37)/t20-,21-/m0/s1. The molecule has 2 aromatic carbocycles. The van der Waals surface area contributed by atoms with E-state index in [1.165, 1.54) is 4.90 Å². The van der Waals surface area contributed by atoms with Gasteiger partial charge in [0.2, 0.25) is 11.4 Å². The molecule has 0 aliphatic carbocycles. The van der Waals surface area contributed by atoms with Crippen molar-refractivity contribution in [2.75, 3.05) is 32.7 Å². The first-order valence-electron chi connectivity index (χ1n) is 12.3. The predicted molar refractivity (Wildman–Crippen MR) is 141 cm³/mol. The molecule has 0 bridgehead atoms. The highest BCUT2D eigenvalue weighted by molar-refractivity contribution is 7.70. The third-order valence-corrected chi connectivity index (χ3v) is 10.2. The van der Waals surface area contributed by atoms with Crippen molar-refractivity contribution in [3.05, 3.63) is 71.8 Å². The SMILES string of the molecule is O=C(NCC(=O)N1CCN(C(P(=O)(O)O)P(=O)(O)O)CC1)[C@H]1O[C@@H]1C(=O)NC(c1ccccc1)c1ccccc1. The van der Waals surface area contributed by atoms with Gasteiger partial charge in [0.15, 0.2) is 12.2 Å². The maximum Gasteiger partial charge on any atom is 0.354 e. The van der Waals surface area contributed by atoms with Crippen molar-refractivity contribution in [2.24, 2.45) is 0 Å². The Kier molecular flexibility index (Phi) is 9.23. The van der Waals surface area contributed by atoms with Crippen LogP contribution in [0.1, 0.15) is 17.2 Å². The molecule has 2 fully saturated rings. The van der Waals surface area contributed by atoms with Crippen molar-refractivity contribution in [3.8, 4) is 0 Å². The minimum atomic E-state index is -5.14. The Hall–Kier alpha value is -2.93. The summed E-state index contributed by atoms with van der Waals surface area (Å²) >= 11 is 0. The number of nitrogens with one attached hydrogen (secondary N) is 2. The van der Waals surface area contributed by atoms with Crippen LogP contribution in [-0.4, -0.2) is 97.6 Å². The van der Waals surface area contributed by atoms with Gasteiger partial charge in [-0.15, -0.1) is 0 Å². The normalized spacial score (nSPS) is 19.9. The summed E-state index contributed by atoms with van der Waals surface area (Å²) in [6.45, 7) is -0.895. The summed E-state index contributed by atoms with van der Waals surface area (Å²) in [6, 6.07) is 18.2. The van der Waals surface area contributed by atoms with E-state index in [-0.39, 0.29) is 26.2 Å². The molecule has 3 amide bonds. The lowest BCUT2D eigenvalue weighted by Crippen LogP contribution is -2.53. The quantitative estimate of drug-likeness (QED) is 0.153. The number of nitrogens with zero attached hydrogens (tertiary/aromatic N) is 2. The predicted octanol–water partition coefficient (Wildman–Crippen LogP) is -0.441. The van der Waals surface area contributed by atoms with Gasteiger partial charge in [0.1, 0.15) is 0 Å². The van der Waals surface area contributed by atoms with Crippen LogP contribution in [0.4, 0.5) is 0 Å². The molecule has 40 heavy (non-hydrogen) atoms. The van der Waals surface area contributed by atoms with E-state index in [0.717, 1.165) is 16.0 Å². The molecule has 14 nitrogen and oxygen atoms in total. The van der Waals surface area contributed by atoms with Crippen LogP contribution in [0.2, 0.25) is 0 Å². The number of carbonyl (C=O) groups excluding carboxylic acids is 3. The number of hydrogen-bond acceptors (Lipinski definition) is 7. The summed E-state index contributed by atoms with van der Waals surface area (Å²) in [6.07, 6.45) is -2.09. The number of ether oxygens (including phenoxy) is 1. The summed E-state index contributed by atoms with van der Waals surface area (Å²) in [4.78, 5) is 77.7. The lowest BCUT2D eigenvalue weighted by Gasteiger charge is -2.39. The first-order chi connectivity index (χ1) is 18.9. The van der Waals surface area contributed by atoms with E-state index < -0.39 is 63.2 Å². The summed E-state index contributed by atoms with van der Waals surface area (Å²) in [5.41, 5.74) is -0.583. The topological polar surface area (TPSA) is 209 Å². The van der Waals surface area contributed by atoms with E-state index in [9.17, 15) is 43.1 Å². The second-order valence-corrected chi connectivity index (χ2v) is 13.1. The fourth-order valence-electron chi connectivity index (χ4n) is 4.58. The number of piperazine rings is 1. The molecule has 2 heterocycles. The number of rotatable bonds is 10. The average molecular weight is 596 g/mol. The molecule has 2 saturated heterocycles. The second-order valence-electron chi connectivity index (χ2n) is 9.40. The minimum absolute atomic E-state index is 0.0590. The molecule has 0 spiro atoms. The fourth-order valence-corrected chi connectivity index (χ4v) is 7.46. The molecular weight excluding hydrogens is 566 g/mol. The van der Waals surface area contributed by atoms with Crippen LogP contribution in [0.15, 0.2) is 60.7 Å². The lowest BCUT2D eigenvalue weighted by atomic mass is 9.98. The fraction of sp³-hybridized carbons (Fsp3) is 0.375. The molecule has 2 aromatic rings. The van der Waals surface area contributed by atoms with Gasteiger partial charge in [-0.3, -0.25) is 28.4 Å². The van der Waals surface area contributed by atoms with Crippen molar-refractivity contribution in [2.45, 2.75) is 23.8 Å². The molecule has 0 radical (unpaired) electrons. The zero-order valence-electron chi connectivity index (χ0n) is 21.1. The molecule has 16 heteroatoms. The van der Waals surface area contributed by atoms with Gasteiger partial charge in [-0.05, 0) is 11.1 Å². The Morgan fingerprint density at radius 2 is 1.27 bits per heavy atom. The smallest absolute Gasteiger partial charge is 0.349 e. The molecule has 2 aliphatic heterocycles. The second kappa shape index (κ2) is 12.3. The Balaban J connectivity index is 1.26. The van der Waals surface area contributed by atoms with Gasteiger partial charge in [-0.2, -0.15) is 0 Å². The number of carbonyl (C=O) groups is 3. The highest BCUT2D eigenvalue weighted by atomic mass is 31.2. The van der Waals surface area contributed by atoms with Crippen LogP contribution < -0.4 is 10.6 Å². The van der Waals surface area contributed by atoms with Crippen LogP contribution in [0.25, 0.3) is 0 Å². The third kappa shape index (κ3) is 7.42. The molecule has 2 aliphatic rings. The van der Waals surface area contributed by atoms with Gasteiger partial charge in [0.05, 0.1) is 12.6 Å². The van der Waals surface area contributed by atoms with E-state index in [1.807, 2.05) is 60.7 Å². The Morgan fingerprint density at radius 1 is 0.800 bits per heavy atom.